The highest BCUT2D eigenvalue weighted by atomic mass is 15.3. The second-order valence-corrected chi connectivity index (χ2v) is 3.80. The van der Waals surface area contributed by atoms with E-state index in [0.717, 1.165) is 29.6 Å². The number of nitrogens with zero attached hydrogens (tertiary/aromatic N) is 5. The maximum Gasteiger partial charge on any atom is 0.145 e. The van der Waals surface area contributed by atoms with Gasteiger partial charge in [0.1, 0.15) is 23.8 Å². The normalized spacial score (nSPS) is 10.5. The van der Waals surface area contributed by atoms with Crippen LogP contribution in [0.3, 0.4) is 0 Å². The van der Waals surface area contributed by atoms with Gasteiger partial charge < -0.3 is 5.32 Å². The fourth-order valence-electron chi connectivity index (χ4n) is 1.55. The summed E-state index contributed by atoms with van der Waals surface area (Å²) in [7, 11) is 1.87. The Morgan fingerprint density at radius 2 is 2.18 bits per heavy atom. The van der Waals surface area contributed by atoms with Crippen molar-refractivity contribution in [2.75, 3.05) is 5.32 Å². The van der Waals surface area contributed by atoms with Gasteiger partial charge in [-0.1, -0.05) is 6.92 Å². The van der Waals surface area contributed by atoms with Crippen LogP contribution in [0, 0.1) is 6.92 Å². The quantitative estimate of drug-likeness (QED) is 0.854. The van der Waals surface area contributed by atoms with Gasteiger partial charge in [0.05, 0.1) is 6.54 Å². The number of aryl methyl sites for hydroxylation is 3. The van der Waals surface area contributed by atoms with Crippen LogP contribution in [-0.2, 0) is 20.0 Å². The lowest BCUT2D eigenvalue weighted by molar-refractivity contribution is 0.711. The van der Waals surface area contributed by atoms with Crippen molar-refractivity contribution in [3.8, 4) is 0 Å². The molecule has 0 radical (unpaired) electrons. The molecule has 0 fully saturated rings. The molecule has 0 aliphatic heterocycles. The largest absolute Gasteiger partial charge is 0.363 e. The molecule has 0 unspecified atom stereocenters. The molecule has 0 aliphatic carbocycles. The first kappa shape index (κ1) is 11.5. The van der Waals surface area contributed by atoms with Gasteiger partial charge in [-0.25, -0.2) is 15.0 Å². The van der Waals surface area contributed by atoms with Crippen molar-refractivity contribution >= 4 is 5.82 Å². The van der Waals surface area contributed by atoms with Gasteiger partial charge in [-0.05, 0) is 13.3 Å². The molecule has 1 N–H and O–H groups in total. The molecule has 2 heterocycles. The minimum atomic E-state index is 0.607. The van der Waals surface area contributed by atoms with Gasteiger partial charge in [0, 0.05) is 18.8 Å². The zero-order valence-corrected chi connectivity index (χ0v) is 10.3. The summed E-state index contributed by atoms with van der Waals surface area (Å²) in [6.07, 6.45) is 2.45. The summed E-state index contributed by atoms with van der Waals surface area (Å²) in [5.74, 6) is 2.49. The summed E-state index contributed by atoms with van der Waals surface area (Å²) in [6, 6.07) is 1.96. The number of nitrogens with one attached hydrogen (secondary N) is 1. The maximum atomic E-state index is 4.33. The maximum absolute atomic E-state index is 4.33. The smallest absolute Gasteiger partial charge is 0.145 e. The van der Waals surface area contributed by atoms with E-state index in [2.05, 4.69) is 32.3 Å². The number of anilines is 1. The molecule has 0 saturated carbocycles. The first-order valence-corrected chi connectivity index (χ1v) is 5.60. The van der Waals surface area contributed by atoms with Crippen LogP contribution in [0.2, 0.25) is 0 Å². The summed E-state index contributed by atoms with van der Waals surface area (Å²) in [4.78, 5) is 12.8. The van der Waals surface area contributed by atoms with Crippen LogP contribution >= 0.6 is 0 Å². The second kappa shape index (κ2) is 4.90. The van der Waals surface area contributed by atoms with Crippen LogP contribution in [0.4, 0.5) is 5.82 Å². The highest BCUT2D eigenvalue weighted by Gasteiger charge is 2.03. The van der Waals surface area contributed by atoms with E-state index in [4.69, 9.17) is 0 Å². The van der Waals surface area contributed by atoms with E-state index in [-0.39, 0.29) is 0 Å². The second-order valence-electron chi connectivity index (χ2n) is 3.80. The third-order valence-corrected chi connectivity index (χ3v) is 2.49. The molecule has 0 atom stereocenters. The van der Waals surface area contributed by atoms with Gasteiger partial charge in [-0.2, -0.15) is 5.10 Å². The van der Waals surface area contributed by atoms with Crippen LogP contribution in [0.25, 0.3) is 0 Å². The lowest BCUT2D eigenvalue weighted by atomic mass is 10.3. The molecule has 0 bridgehead atoms. The summed E-state index contributed by atoms with van der Waals surface area (Å²) < 4.78 is 1.74. The fraction of sp³-hybridized carbons (Fsp3) is 0.455. The molecule has 90 valence electrons. The molecule has 2 aromatic heterocycles. The predicted molar refractivity (Wildman–Crippen MR) is 64.5 cm³/mol. The minimum absolute atomic E-state index is 0.607. The summed E-state index contributed by atoms with van der Waals surface area (Å²) in [6.45, 7) is 4.58. The summed E-state index contributed by atoms with van der Waals surface area (Å²) in [5.41, 5.74) is 1.04. The van der Waals surface area contributed by atoms with E-state index < -0.39 is 0 Å². The molecule has 0 saturated heterocycles. The first-order chi connectivity index (χ1) is 8.19. The van der Waals surface area contributed by atoms with Gasteiger partial charge in [-0.15, -0.1) is 0 Å². The van der Waals surface area contributed by atoms with E-state index in [1.54, 1.807) is 11.0 Å². The Balaban J connectivity index is 2.09. The van der Waals surface area contributed by atoms with Crippen molar-refractivity contribution in [3.63, 3.8) is 0 Å². The Morgan fingerprint density at radius 3 is 2.82 bits per heavy atom. The first-order valence-electron chi connectivity index (χ1n) is 5.60. The van der Waals surface area contributed by atoms with Crippen LogP contribution in [0.15, 0.2) is 12.4 Å². The van der Waals surface area contributed by atoms with Crippen molar-refractivity contribution < 1.29 is 0 Å². The summed E-state index contributed by atoms with van der Waals surface area (Å²) in [5, 5.41) is 7.24. The minimum Gasteiger partial charge on any atom is -0.363 e. The summed E-state index contributed by atoms with van der Waals surface area (Å²) >= 11 is 0. The highest BCUT2D eigenvalue weighted by Crippen LogP contribution is 2.08. The van der Waals surface area contributed by atoms with Crippen LogP contribution in [0.5, 0.6) is 0 Å². The molecule has 0 amide bonds. The van der Waals surface area contributed by atoms with Crippen molar-refractivity contribution in [3.05, 3.63) is 29.7 Å². The average molecular weight is 232 g/mol. The van der Waals surface area contributed by atoms with Gasteiger partial charge in [0.2, 0.25) is 0 Å². The Kier molecular flexibility index (Phi) is 3.32. The standard InChI is InChI=1S/C11H16N6/c1-4-9-5-10(16-8(2)15-9)12-6-11-13-7-14-17(11)3/h5,7H,4,6H2,1-3H3,(H,12,15,16). The molecule has 2 aromatic rings. The molecule has 2 rings (SSSR count). The highest BCUT2D eigenvalue weighted by molar-refractivity contribution is 5.36. The topological polar surface area (TPSA) is 68.5 Å². The zero-order valence-electron chi connectivity index (χ0n) is 10.3. The van der Waals surface area contributed by atoms with Crippen LogP contribution in [-0.4, -0.2) is 24.7 Å². The molecule has 6 nitrogen and oxygen atoms in total. The molecular weight excluding hydrogens is 216 g/mol. The van der Waals surface area contributed by atoms with Crippen molar-refractivity contribution in [2.24, 2.45) is 7.05 Å². The Morgan fingerprint density at radius 1 is 1.35 bits per heavy atom. The van der Waals surface area contributed by atoms with E-state index >= 15 is 0 Å². The lowest BCUT2D eigenvalue weighted by Gasteiger charge is -2.07. The number of hydrogen-bond donors (Lipinski definition) is 1. The molecular formula is C11H16N6. The van der Waals surface area contributed by atoms with Crippen molar-refractivity contribution in [1.29, 1.82) is 0 Å². The van der Waals surface area contributed by atoms with E-state index in [0.29, 0.717) is 6.54 Å². The third-order valence-electron chi connectivity index (χ3n) is 2.49. The van der Waals surface area contributed by atoms with Crippen LogP contribution in [0.1, 0.15) is 24.3 Å². The van der Waals surface area contributed by atoms with Gasteiger partial charge >= 0.3 is 0 Å². The number of rotatable bonds is 4. The molecule has 6 heteroatoms. The third kappa shape index (κ3) is 2.77. The van der Waals surface area contributed by atoms with Crippen LogP contribution < -0.4 is 5.32 Å². The SMILES string of the molecule is CCc1cc(NCc2ncnn2C)nc(C)n1. The van der Waals surface area contributed by atoms with Crippen molar-refractivity contribution in [1.82, 2.24) is 24.7 Å². The van der Waals surface area contributed by atoms with E-state index in [9.17, 15) is 0 Å². The zero-order chi connectivity index (χ0) is 12.3. The van der Waals surface area contributed by atoms with Crippen molar-refractivity contribution in [2.45, 2.75) is 26.8 Å². The molecule has 0 aliphatic rings. The van der Waals surface area contributed by atoms with E-state index in [1.165, 1.54) is 0 Å². The van der Waals surface area contributed by atoms with E-state index in [1.807, 2.05) is 20.0 Å². The molecule has 0 aromatic carbocycles. The van der Waals surface area contributed by atoms with Gasteiger partial charge in [0.25, 0.3) is 0 Å². The number of hydrogen-bond acceptors (Lipinski definition) is 5. The predicted octanol–water partition coefficient (Wildman–Crippen LogP) is 1.09. The van der Waals surface area contributed by atoms with Gasteiger partial charge in [-0.3, -0.25) is 4.68 Å². The Bertz CT molecular complexity index is 504. The van der Waals surface area contributed by atoms with Gasteiger partial charge in [0.15, 0.2) is 0 Å². The lowest BCUT2D eigenvalue weighted by Crippen LogP contribution is -2.09. The molecule has 17 heavy (non-hydrogen) atoms. The average Bonchev–Trinajstić information content (AvgIpc) is 2.71. The number of aromatic nitrogens is 5. The Labute approximate surface area is 100 Å². The Hall–Kier alpha value is -1.98. The monoisotopic (exact) mass is 232 g/mol. The fourth-order valence-corrected chi connectivity index (χ4v) is 1.55. The molecule has 0 spiro atoms.